The molecule has 0 saturated carbocycles. The maximum atomic E-state index is 7.57. The predicted molar refractivity (Wildman–Crippen MR) is 18.5 cm³/mol. The largest absolute Gasteiger partial charge is 0.397 e. The molecule has 2 heteroatoms. The molecule has 0 aliphatic carbocycles. The van der Waals surface area contributed by atoms with Crippen LogP contribution in [-0.4, -0.2) is 60.6 Å². The van der Waals surface area contributed by atoms with Gasteiger partial charge in [-0.2, -0.15) is 0 Å². The van der Waals surface area contributed by atoms with Gasteiger partial charge in [0.05, 0.1) is 0 Å². The van der Waals surface area contributed by atoms with Gasteiger partial charge in [0.15, 0.2) is 0 Å². The van der Waals surface area contributed by atoms with E-state index in [1.807, 2.05) is 0 Å². The Kier molecular flexibility index (Phi) is 20.1. The van der Waals surface area contributed by atoms with Crippen LogP contribution in [0.2, 0.25) is 0 Å². The van der Waals surface area contributed by atoms with E-state index in [4.69, 9.17) is 5.11 Å². The van der Waals surface area contributed by atoms with E-state index >= 15 is 0 Å². The Morgan fingerprint density at radius 2 is 1.75 bits per heavy atom. The minimum Gasteiger partial charge on any atom is -0.397 e. The molecule has 0 bridgehead atoms. The molecule has 0 spiro atoms. The Morgan fingerprint density at radius 1 is 1.75 bits per heavy atom. The van der Waals surface area contributed by atoms with E-state index < -0.39 is 0 Å². The predicted octanol–water partition coefficient (Wildman–Crippen LogP) is -0.382. The van der Waals surface area contributed by atoms with E-state index in [2.05, 4.69) is 0 Å². The van der Waals surface area contributed by atoms with E-state index in [-0.39, 0.29) is 55.5 Å². The maximum Gasteiger partial charge on any atom is 0.0402 e. The SMILES string of the molecule is CCO.[Ba]. The molecule has 0 aliphatic heterocycles. The Labute approximate surface area is 66.5 Å². The first-order valence-electron chi connectivity index (χ1n) is 1.02. The minimum absolute atomic E-state index is 0. The summed E-state index contributed by atoms with van der Waals surface area (Å²) in [6.07, 6.45) is 0. The molecular formula is C2H6BaO. The van der Waals surface area contributed by atoms with Crippen LogP contribution in [0.25, 0.3) is 0 Å². The van der Waals surface area contributed by atoms with Crippen LogP contribution in [0.3, 0.4) is 0 Å². The summed E-state index contributed by atoms with van der Waals surface area (Å²) in [5.74, 6) is 0. The summed E-state index contributed by atoms with van der Waals surface area (Å²) in [6, 6.07) is 0. The van der Waals surface area contributed by atoms with E-state index in [1.54, 1.807) is 6.92 Å². The molecule has 0 rings (SSSR count). The summed E-state index contributed by atoms with van der Waals surface area (Å²) in [4.78, 5) is 0. The number of hydrogen-bond acceptors (Lipinski definition) is 1. The van der Waals surface area contributed by atoms with Gasteiger partial charge in [0.1, 0.15) is 0 Å². The maximum absolute atomic E-state index is 7.57. The van der Waals surface area contributed by atoms with Crippen LogP contribution in [0.15, 0.2) is 0 Å². The zero-order chi connectivity index (χ0) is 2.71. The summed E-state index contributed by atoms with van der Waals surface area (Å²) in [5, 5.41) is 7.57. The van der Waals surface area contributed by atoms with Gasteiger partial charge >= 0.3 is 0 Å². The molecule has 1 N–H and O–H groups in total. The van der Waals surface area contributed by atoms with Gasteiger partial charge in [0, 0.05) is 55.5 Å². The molecule has 1 nitrogen and oxygen atoms in total. The normalized spacial score (nSPS) is 4.50. The number of aliphatic hydroxyl groups is 1. The van der Waals surface area contributed by atoms with Crippen molar-refractivity contribution in [3.63, 3.8) is 0 Å². The van der Waals surface area contributed by atoms with Crippen LogP contribution in [-0.2, 0) is 0 Å². The van der Waals surface area contributed by atoms with Gasteiger partial charge in [-0.1, -0.05) is 0 Å². The van der Waals surface area contributed by atoms with Crippen LogP contribution >= 0.6 is 0 Å². The number of hydrogen-bond donors (Lipinski definition) is 1. The Bertz CT molecular complexity index is 6.00. The third kappa shape index (κ3) is 9.65. The Morgan fingerprint density at radius 3 is 1.75 bits per heavy atom. The second-order valence-corrected chi connectivity index (χ2v) is 0.316. The van der Waals surface area contributed by atoms with Gasteiger partial charge in [0.25, 0.3) is 0 Å². The van der Waals surface area contributed by atoms with Gasteiger partial charge < -0.3 is 5.11 Å². The Balaban J connectivity index is 0. The molecule has 0 saturated heterocycles. The van der Waals surface area contributed by atoms with E-state index in [0.717, 1.165) is 0 Å². The molecule has 22 valence electrons. The first-order chi connectivity index (χ1) is 1.41. The average molecular weight is 183 g/mol. The molecule has 0 atom stereocenters. The first kappa shape index (κ1) is 9.11. The van der Waals surface area contributed by atoms with Gasteiger partial charge in [0.2, 0.25) is 0 Å². The third-order valence-corrected chi connectivity index (χ3v) is 0. The number of aliphatic hydroxyl groups excluding tert-OH is 1. The summed E-state index contributed by atoms with van der Waals surface area (Å²) in [7, 11) is 0. The molecule has 0 aromatic carbocycles. The zero-order valence-corrected chi connectivity index (χ0v) is 7.30. The fourth-order valence-corrected chi connectivity index (χ4v) is 0. The summed E-state index contributed by atoms with van der Waals surface area (Å²) >= 11 is 0. The topological polar surface area (TPSA) is 20.2 Å². The molecule has 0 aliphatic rings. The van der Waals surface area contributed by atoms with Crippen molar-refractivity contribution in [2.24, 2.45) is 0 Å². The molecule has 0 aromatic rings. The molecule has 4 heavy (non-hydrogen) atoms. The van der Waals surface area contributed by atoms with Crippen molar-refractivity contribution < 1.29 is 5.11 Å². The van der Waals surface area contributed by atoms with Crippen molar-refractivity contribution in [1.29, 1.82) is 0 Å². The second-order valence-electron chi connectivity index (χ2n) is 0.316. The van der Waals surface area contributed by atoms with Crippen LogP contribution in [0.1, 0.15) is 6.92 Å². The molecule has 0 unspecified atom stereocenters. The Hall–Kier alpha value is 1.53. The van der Waals surface area contributed by atoms with Gasteiger partial charge in [-0.3, -0.25) is 0 Å². The van der Waals surface area contributed by atoms with Gasteiger partial charge in [-0.25, -0.2) is 0 Å². The zero-order valence-electron chi connectivity index (χ0n) is 2.86. The van der Waals surface area contributed by atoms with Crippen molar-refractivity contribution in [2.75, 3.05) is 6.61 Å². The van der Waals surface area contributed by atoms with Gasteiger partial charge in [-0.05, 0) is 6.92 Å². The molecular weight excluding hydrogens is 177 g/mol. The third-order valence-electron chi connectivity index (χ3n) is 0. The summed E-state index contributed by atoms with van der Waals surface area (Å²) < 4.78 is 0. The van der Waals surface area contributed by atoms with Crippen LogP contribution in [0.5, 0.6) is 0 Å². The fourth-order valence-electron chi connectivity index (χ4n) is 0. The van der Waals surface area contributed by atoms with Crippen molar-refractivity contribution in [1.82, 2.24) is 0 Å². The summed E-state index contributed by atoms with van der Waals surface area (Å²) in [6.45, 7) is 1.93. The summed E-state index contributed by atoms with van der Waals surface area (Å²) in [5.41, 5.74) is 0. The first-order valence-corrected chi connectivity index (χ1v) is 1.02. The van der Waals surface area contributed by atoms with Crippen molar-refractivity contribution in [3.05, 3.63) is 0 Å². The minimum atomic E-state index is 0. The van der Waals surface area contributed by atoms with Crippen molar-refractivity contribution in [2.45, 2.75) is 6.92 Å². The standard InChI is InChI=1S/C2H6O.Ba/c1-2-3;/h3H,2H2,1H3;. The van der Waals surface area contributed by atoms with Crippen molar-refractivity contribution in [3.8, 4) is 0 Å². The average Bonchev–Trinajstić information content (AvgIpc) is 0.918. The number of rotatable bonds is 0. The fraction of sp³-hybridized carbons (Fsp3) is 1.00. The molecule has 2 radical (unpaired) electrons. The van der Waals surface area contributed by atoms with E-state index in [1.165, 1.54) is 0 Å². The molecule has 0 fully saturated rings. The van der Waals surface area contributed by atoms with Crippen LogP contribution in [0.4, 0.5) is 0 Å². The van der Waals surface area contributed by atoms with E-state index in [0.29, 0.717) is 0 Å². The van der Waals surface area contributed by atoms with Crippen LogP contribution in [0, 0.1) is 0 Å². The van der Waals surface area contributed by atoms with Crippen LogP contribution < -0.4 is 0 Å². The van der Waals surface area contributed by atoms with E-state index in [9.17, 15) is 0 Å². The molecule has 0 amide bonds. The monoisotopic (exact) mass is 184 g/mol. The van der Waals surface area contributed by atoms with Crippen molar-refractivity contribution >= 4 is 48.9 Å². The van der Waals surface area contributed by atoms with Gasteiger partial charge in [-0.15, -0.1) is 0 Å². The quantitative estimate of drug-likeness (QED) is 0.508. The molecule has 0 heterocycles. The smallest absolute Gasteiger partial charge is 0.0402 e. The second kappa shape index (κ2) is 8.82. The molecule has 0 aromatic heterocycles.